The van der Waals surface area contributed by atoms with E-state index in [1.54, 1.807) is 6.07 Å². The molecule has 0 radical (unpaired) electrons. The number of nitriles is 1. The average Bonchev–Trinajstić information content (AvgIpc) is 2.69. The Kier molecular flexibility index (Phi) is 2.30. The van der Waals surface area contributed by atoms with Gasteiger partial charge in [-0.2, -0.15) is 5.26 Å². The molecular formula is C12H13N5. The van der Waals surface area contributed by atoms with Gasteiger partial charge in [0.2, 0.25) is 0 Å². The van der Waals surface area contributed by atoms with Crippen molar-refractivity contribution in [2.75, 3.05) is 20.1 Å². The van der Waals surface area contributed by atoms with Crippen LogP contribution in [0, 0.1) is 17.2 Å². The summed E-state index contributed by atoms with van der Waals surface area (Å²) in [5, 5.41) is 17.1. The van der Waals surface area contributed by atoms with E-state index >= 15 is 0 Å². The van der Waals surface area contributed by atoms with Gasteiger partial charge in [0.25, 0.3) is 0 Å². The Morgan fingerprint density at radius 3 is 3.00 bits per heavy atom. The maximum absolute atomic E-state index is 8.82. The maximum Gasteiger partial charge on any atom is 0.114 e. The Morgan fingerprint density at radius 2 is 2.29 bits per heavy atom. The van der Waals surface area contributed by atoms with E-state index in [0.29, 0.717) is 11.5 Å². The summed E-state index contributed by atoms with van der Waals surface area (Å²) in [5.74, 6) is 0.667. The zero-order valence-corrected chi connectivity index (χ0v) is 9.67. The second kappa shape index (κ2) is 3.82. The molecule has 1 aromatic carbocycles. The number of likely N-dealkylation sites (tertiary alicyclic amines) is 1. The highest BCUT2D eigenvalue weighted by Crippen LogP contribution is 2.18. The molecule has 1 saturated heterocycles. The van der Waals surface area contributed by atoms with Crippen molar-refractivity contribution in [3.63, 3.8) is 0 Å². The second-order valence-corrected chi connectivity index (χ2v) is 4.67. The van der Waals surface area contributed by atoms with Crippen molar-refractivity contribution in [1.29, 1.82) is 5.26 Å². The third-order valence-electron chi connectivity index (χ3n) is 3.21. The highest BCUT2D eigenvalue weighted by molar-refractivity contribution is 5.75. The van der Waals surface area contributed by atoms with E-state index in [-0.39, 0.29) is 0 Å². The van der Waals surface area contributed by atoms with Crippen molar-refractivity contribution in [3.05, 3.63) is 23.8 Å². The number of fused-ring (bicyclic) bond motifs is 1. The lowest BCUT2D eigenvalue weighted by Gasteiger charge is -2.35. The van der Waals surface area contributed by atoms with E-state index in [0.717, 1.165) is 30.7 Å². The molecule has 0 bridgehead atoms. The third-order valence-corrected chi connectivity index (χ3v) is 3.21. The first-order valence-electron chi connectivity index (χ1n) is 5.68. The standard InChI is InChI=1S/C12H13N5/c1-16-6-10(7-16)8-17-12-3-2-9(5-13)4-11(12)14-15-17/h2-4,10H,6-8H2,1H3. The van der Waals surface area contributed by atoms with Gasteiger partial charge in [-0.05, 0) is 25.2 Å². The molecule has 3 rings (SSSR count). The van der Waals surface area contributed by atoms with Crippen LogP contribution in [-0.4, -0.2) is 40.0 Å². The summed E-state index contributed by atoms with van der Waals surface area (Å²) < 4.78 is 1.94. The van der Waals surface area contributed by atoms with Crippen LogP contribution in [0.15, 0.2) is 18.2 Å². The van der Waals surface area contributed by atoms with Crippen molar-refractivity contribution in [2.45, 2.75) is 6.54 Å². The molecule has 0 unspecified atom stereocenters. The molecule has 1 aliphatic heterocycles. The number of hydrogen-bond donors (Lipinski definition) is 0. The van der Waals surface area contributed by atoms with E-state index in [2.05, 4.69) is 28.3 Å². The number of nitrogens with zero attached hydrogens (tertiary/aromatic N) is 5. The molecule has 86 valence electrons. The smallest absolute Gasteiger partial charge is 0.114 e. The predicted molar refractivity (Wildman–Crippen MR) is 63.2 cm³/mol. The molecule has 2 heterocycles. The highest BCUT2D eigenvalue weighted by atomic mass is 15.4. The first-order valence-corrected chi connectivity index (χ1v) is 5.68. The largest absolute Gasteiger partial charge is 0.306 e. The molecule has 0 aliphatic carbocycles. The van der Waals surface area contributed by atoms with Crippen molar-refractivity contribution in [3.8, 4) is 6.07 Å². The van der Waals surface area contributed by atoms with Crippen LogP contribution in [0.1, 0.15) is 5.56 Å². The Hall–Kier alpha value is -1.93. The zero-order valence-electron chi connectivity index (χ0n) is 9.67. The Labute approximate surface area is 99.2 Å². The fraction of sp³-hybridized carbons (Fsp3) is 0.417. The SMILES string of the molecule is CN1CC(Cn2nnc3cc(C#N)ccc32)C1. The van der Waals surface area contributed by atoms with Crippen molar-refractivity contribution in [1.82, 2.24) is 19.9 Å². The molecule has 1 fully saturated rings. The minimum atomic E-state index is 0.632. The van der Waals surface area contributed by atoms with Crippen LogP contribution >= 0.6 is 0 Å². The zero-order chi connectivity index (χ0) is 11.8. The van der Waals surface area contributed by atoms with E-state index in [1.165, 1.54) is 0 Å². The van der Waals surface area contributed by atoms with Crippen molar-refractivity contribution in [2.24, 2.45) is 5.92 Å². The molecule has 0 spiro atoms. The number of hydrogen-bond acceptors (Lipinski definition) is 4. The summed E-state index contributed by atoms with van der Waals surface area (Å²) in [6, 6.07) is 7.64. The first kappa shape index (κ1) is 10.2. The summed E-state index contributed by atoms with van der Waals surface area (Å²) in [6.45, 7) is 3.15. The van der Waals surface area contributed by atoms with Gasteiger partial charge in [0.1, 0.15) is 5.52 Å². The lowest BCUT2D eigenvalue weighted by molar-refractivity contribution is 0.116. The minimum absolute atomic E-state index is 0.632. The van der Waals surface area contributed by atoms with Crippen LogP contribution in [0.5, 0.6) is 0 Å². The summed E-state index contributed by atoms with van der Waals surface area (Å²) in [4.78, 5) is 2.29. The van der Waals surface area contributed by atoms with Crippen LogP contribution in [0.25, 0.3) is 11.0 Å². The number of aromatic nitrogens is 3. The summed E-state index contributed by atoms with van der Waals surface area (Å²) in [7, 11) is 2.12. The lowest BCUT2D eigenvalue weighted by Crippen LogP contribution is -2.45. The number of benzene rings is 1. The molecule has 1 aromatic heterocycles. The van der Waals surface area contributed by atoms with E-state index < -0.39 is 0 Å². The molecular weight excluding hydrogens is 214 g/mol. The Morgan fingerprint density at radius 1 is 1.47 bits per heavy atom. The lowest BCUT2D eigenvalue weighted by atomic mass is 10.0. The minimum Gasteiger partial charge on any atom is -0.306 e. The molecule has 0 saturated carbocycles. The normalized spacial score (nSPS) is 16.9. The van der Waals surface area contributed by atoms with Gasteiger partial charge in [0.05, 0.1) is 17.1 Å². The third kappa shape index (κ3) is 1.77. The predicted octanol–water partition coefficient (Wildman–Crippen LogP) is 0.865. The summed E-state index contributed by atoms with van der Waals surface area (Å²) in [5.41, 5.74) is 2.45. The van der Waals surface area contributed by atoms with Crippen LogP contribution in [0.2, 0.25) is 0 Å². The fourth-order valence-corrected chi connectivity index (χ4v) is 2.36. The van der Waals surface area contributed by atoms with Gasteiger partial charge in [-0.3, -0.25) is 0 Å². The molecule has 2 aromatic rings. The monoisotopic (exact) mass is 227 g/mol. The summed E-state index contributed by atoms with van der Waals surface area (Å²) in [6.07, 6.45) is 0. The van der Waals surface area contributed by atoms with E-state index in [1.807, 2.05) is 16.8 Å². The van der Waals surface area contributed by atoms with Crippen LogP contribution in [-0.2, 0) is 6.54 Å². The molecule has 0 atom stereocenters. The molecule has 1 aliphatic rings. The van der Waals surface area contributed by atoms with Crippen molar-refractivity contribution >= 4 is 11.0 Å². The Bertz CT molecular complexity index is 588. The van der Waals surface area contributed by atoms with Crippen LogP contribution in [0.3, 0.4) is 0 Å². The van der Waals surface area contributed by atoms with Gasteiger partial charge < -0.3 is 4.90 Å². The van der Waals surface area contributed by atoms with Gasteiger partial charge in [0.15, 0.2) is 0 Å². The molecule has 17 heavy (non-hydrogen) atoms. The molecule has 5 heteroatoms. The van der Waals surface area contributed by atoms with Crippen molar-refractivity contribution < 1.29 is 0 Å². The van der Waals surface area contributed by atoms with Crippen LogP contribution in [0.4, 0.5) is 0 Å². The summed E-state index contributed by atoms with van der Waals surface area (Å²) >= 11 is 0. The highest BCUT2D eigenvalue weighted by Gasteiger charge is 2.24. The topological polar surface area (TPSA) is 57.7 Å². The van der Waals surface area contributed by atoms with Gasteiger partial charge in [-0.25, -0.2) is 4.68 Å². The Balaban J connectivity index is 1.88. The van der Waals surface area contributed by atoms with Gasteiger partial charge in [0, 0.05) is 25.6 Å². The molecule has 0 N–H and O–H groups in total. The second-order valence-electron chi connectivity index (χ2n) is 4.67. The molecule has 5 nitrogen and oxygen atoms in total. The van der Waals surface area contributed by atoms with E-state index in [9.17, 15) is 0 Å². The average molecular weight is 227 g/mol. The van der Waals surface area contributed by atoms with Gasteiger partial charge in [-0.15, -0.1) is 5.10 Å². The molecule has 0 amide bonds. The maximum atomic E-state index is 8.82. The fourth-order valence-electron chi connectivity index (χ4n) is 2.36. The van der Waals surface area contributed by atoms with Gasteiger partial charge >= 0.3 is 0 Å². The van der Waals surface area contributed by atoms with Crippen LogP contribution < -0.4 is 0 Å². The first-order chi connectivity index (χ1) is 8.26. The number of rotatable bonds is 2. The quantitative estimate of drug-likeness (QED) is 0.763. The van der Waals surface area contributed by atoms with E-state index in [4.69, 9.17) is 5.26 Å². The van der Waals surface area contributed by atoms with Gasteiger partial charge in [-0.1, -0.05) is 5.21 Å².